The zero-order valence-corrected chi connectivity index (χ0v) is 8.99. The van der Waals surface area contributed by atoms with Gasteiger partial charge in [-0.25, -0.2) is 0 Å². The molecule has 0 saturated heterocycles. The summed E-state index contributed by atoms with van der Waals surface area (Å²) in [6.07, 6.45) is 0. The Balaban J connectivity index is 0. The summed E-state index contributed by atoms with van der Waals surface area (Å²) < 4.78 is 0. The topological polar surface area (TPSA) is 0 Å². The summed E-state index contributed by atoms with van der Waals surface area (Å²) in [4.78, 5) is 0. The predicted molar refractivity (Wildman–Crippen MR) is 11.5 cm³/mol. The van der Waals surface area contributed by atoms with Gasteiger partial charge in [-0.05, 0) is 0 Å². The van der Waals surface area contributed by atoms with E-state index in [0.717, 1.165) is 0 Å². The molecule has 0 bridgehead atoms. The van der Waals surface area contributed by atoms with E-state index in [2.05, 4.69) is 0 Å². The normalized spacial score (nSPS) is 0. The molecule has 0 aromatic carbocycles. The zero-order valence-electron chi connectivity index (χ0n) is 2.02. The van der Waals surface area contributed by atoms with Crippen LogP contribution in [0.15, 0.2) is 0 Å². The average molecular weight is 245 g/mol. The van der Waals surface area contributed by atoms with Gasteiger partial charge in [0.15, 0.2) is 0 Å². The first-order valence-corrected chi connectivity index (χ1v) is 0. The first kappa shape index (κ1) is 30.4. The van der Waals surface area contributed by atoms with E-state index < -0.39 is 0 Å². The van der Waals surface area contributed by atoms with Crippen molar-refractivity contribution in [3.63, 3.8) is 0 Å². The third-order valence-electron chi connectivity index (χ3n) is 0. The summed E-state index contributed by atoms with van der Waals surface area (Å²) in [5.41, 5.74) is 0. The molecule has 0 aromatic rings. The standard InChI is InChI=1S/Al.Sn.Ti.V. The molecule has 0 rings (SSSR count). The summed E-state index contributed by atoms with van der Waals surface area (Å²) in [6, 6.07) is 0. The Morgan fingerprint density at radius 3 is 1.00 bits per heavy atom. The van der Waals surface area contributed by atoms with Crippen LogP contribution in [0.5, 0.6) is 0 Å². The molecule has 0 unspecified atom stereocenters. The second-order valence-corrected chi connectivity index (χ2v) is 0. The van der Waals surface area contributed by atoms with Gasteiger partial charge >= 0.3 is 0 Å². The molecule has 0 atom stereocenters. The van der Waals surface area contributed by atoms with Crippen molar-refractivity contribution >= 4 is 41.3 Å². The Hall–Kier alpha value is 2.63. The van der Waals surface area contributed by atoms with Crippen molar-refractivity contribution in [2.75, 3.05) is 0 Å². The van der Waals surface area contributed by atoms with Crippen LogP contribution in [0.3, 0.4) is 0 Å². The van der Waals surface area contributed by atoms with Crippen molar-refractivity contribution in [3.05, 3.63) is 0 Å². The molecule has 0 aromatic heterocycles. The van der Waals surface area contributed by atoms with Crippen molar-refractivity contribution < 1.29 is 40.3 Å². The summed E-state index contributed by atoms with van der Waals surface area (Å²) >= 11 is 0. The largest absolute Gasteiger partial charge is 0 e. The van der Waals surface area contributed by atoms with E-state index in [-0.39, 0.29) is 81.5 Å². The van der Waals surface area contributed by atoms with Crippen LogP contribution in [-0.4, -0.2) is 41.3 Å². The molecule has 0 spiro atoms. The molecule has 8 radical (unpaired) electrons. The molecule has 0 N–H and O–H groups in total. The molecule has 4 heteroatoms. The smallest absolute Gasteiger partial charge is 0 e. The quantitative estimate of drug-likeness (QED) is 0.491. The maximum absolute atomic E-state index is 0. The second-order valence-electron chi connectivity index (χ2n) is 0. The number of hydrogen-bond acceptors (Lipinski definition) is 0. The first-order chi connectivity index (χ1) is 0. The molecule has 0 aliphatic heterocycles. The van der Waals surface area contributed by atoms with Gasteiger partial charge in [-0.2, -0.15) is 0 Å². The molecule has 16 valence electrons. The first-order valence-electron chi connectivity index (χ1n) is 0. The van der Waals surface area contributed by atoms with Crippen molar-refractivity contribution in [1.82, 2.24) is 0 Å². The second kappa shape index (κ2) is 17.4. The van der Waals surface area contributed by atoms with E-state index >= 15 is 0 Å². The van der Waals surface area contributed by atoms with Crippen LogP contribution in [0.1, 0.15) is 0 Å². The molecule has 0 saturated carbocycles. The molecule has 0 heterocycles. The van der Waals surface area contributed by atoms with Gasteiger partial charge in [0.2, 0.25) is 0 Å². The summed E-state index contributed by atoms with van der Waals surface area (Å²) in [6.45, 7) is 0. The van der Waals surface area contributed by atoms with Crippen LogP contribution < -0.4 is 0 Å². The third-order valence-corrected chi connectivity index (χ3v) is 0. The minimum Gasteiger partial charge on any atom is 0 e. The Bertz CT molecular complexity index is 8.00. The van der Waals surface area contributed by atoms with E-state index in [1.165, 1.54) is 0 Å². The van der Waals surface area contributed by atoms with Gasteiger partial charge in [-0.3, -0.25) is 0 Å². The molecule has 0 aliphatic carbocycles. The molecule has 0 amide bonds. The molecule has 4 heavy (non-hydrogen) atoms. The van der Waals surface area contributed by atoms with Crippen molar-refractivity contribution in [1.29, 1.82) is 0 Å². The predicted octanol–water partition coefficient (Wildman–Crippen LogP) is -0.767. The van der Waals surface area contributed by atoms with Gasteiger partial charge in [0, 0.05) is 81.5 Å². The minimum absolute atomic E-state index is 0. The fourth-order valence-electron chi connectivity index (χ4n) is 0. The number of hydrogen-bond donors (Lipinski definition) is 0. The molecular formula is AlSnTiV. The summed E-state index contributed by atoms with van der Waals surface area (Å²) in [5.74, 6) is 0. The van der Waals surface area contributed by atoms with Gasteiger partial charge in [0.25, 0.3) is 0 Å². The van der Waals surface area contributed by atoms with Gasteiger partial charge in [-0.1, -0.05) is 0 Å². The van der Waals surface area contributed by atoms with Gasteiger partial charge < -0.3 is 0 Å². The molecule has 0 fully saturated rings. The summed E-state index contributed by atoms with van der Waals surface area (Å²) in [7, 11) is 0. The van der Waals surface area contributed by atoms with Crippen molar-refractivity contribution in [2.45, 2.75) is 0 Å². The van der Waals surface area contributed by atoms with E-state index in [4.69, 9.17) is 0 Å². The van der Waals surface area contributed by atoms with Crippen LogP contribution in [0.4, 0.5) is 0 Å². The molecule has 0 aliphatic rings. The Kier molecular flexibility index (Phi) is 133. The third kappa shape index (κ3) is 8.82. The zero-order chi connectivity index (χ0) is 0. The monoisotopic (exact) mass is 246 g/mol. The van der Waals surface area contributed by atoms with Crippen LogP contribution in [0, 0.1) is 0 Å². The minimum atomic E-state index is 0. The van der Waals surface area contributed by atoms with Crippen molar-refractivity contribution in [2.24, 2.45) is 0 Å². The molecule has 0 nitrogen and oxygen atoms in total. The number of rotatable bonds is 0. The maximum atomic E-state index is 0. The molecular weight excluding hydrogens is 245 g/mol. The fraction of sp³-hybridized carbons (Fsp3) is 0. The van der Waals surface area contributed by atoms with E-state index in [1.54, 1.807) is 0 Å². The van der Waals surface area contributed by atoms with Gasteiger partial charge in [0.1, 0.15) is 0 Å². The van der Waals surface area contributed by atoms with Gasteiger partial charge in [-0.15, -0.1) is 0 Å². The van der Waals surface area contributed by atoms with Crippen LogP contribution in [-0.2, 0) is 40.3 Å². The van der Waals surface area contributed by atoms with Crippen LogP contribution in [0.2, 0.25) is 0 Å². The van der Waals surface area contributed by atoms with E-state index in [0.29, 0.717) is 0 Å². The maximum Gasteiger partial charge on any atom is 0 e. The van der Waals surface area contributed by atoms with Crippen molar-refractivity contribution in [3.8, 4) is 0 Å². The Labute approximate surface area is 80.3 Å². The van der Waals surface area contributed by atoms with Crippen LogP contribution in [0.25, 0.3) is 0 Å². The van der Waals surface area contributed by atoms with E-state index in [1.807, 2.05) is 0 Å². The van der Waals surface area contributed by atoms with Crippen LogP contribution >= 0.6 is 0 Å². The van der Waals surface area contributed by atoms with Gasteiger partial charge in [0.05, 0.1) is 0 Å². The Morgan fingerprint density at radius 2 is 1.00 bits per heavy atom. The summed E-state index contributed by atoms with van der Waals surface area (Å²) in [5, 5.41) is 0. The SMILES string of the molecule is [Al].[Sn].[Ti].[V]. The fourth-order valence-corrected chi connectivity index (χ4v) is 0. The average Bonchev–Trinajstić information content (AvgIpc) is 0. The van der Waals surface area contributed by atoms with E-state index in [9.17, 15) is 0 Å². The Morgan fingerprint density at radius 1 is 1.00 bits per heavy atom.